The molecule has 0 bridgehead atoms. The number of allylic oxidation sites excluding steroid dienone is 11. The molecule has 0 heterocycles. The fraction of sp³-hybridized carbons (Fsp3) is 0.797. The predicted octanol–water partition coefficient (Wildman–Crippen LogP) is 18.4. The Bertz CT molecular complexity index is 1420. The SMILES string of the molecule is CC/C=C\C/C=C\C/C=C\C/C=C\C/C=C\CCCCCCCCCCCCCCCCCCCCCCCCCC(=O)NC(COP(=O)([O-])OCC[N+](C)(C)C)C(O)/C=C/CCCCCCCCCCCC. The third kappa shape index (κ3) is 57.5. The van der Waals surface area contributed by atoms with Gasteiger partial charge in [-0.1, -0.05) is 279 Å². The molecular weight excluding hydrogens is 924 g/mol. The van der Waals surface area contributed by atoms with E-state index in [1.807, 2.05) is 27.2 Å². The molecule has 0 aliphatic rings. The van der Waals surface area contributed by atoms with Crippen molar-refractivity contribution in [1.29, 1.82) is 0 Å². The van der Waals surface area contributed by atoms with Gasteiger partial charge in [-0.2, -0.15) is 0 Å². The molecule has 73 heavy (non-hydrogen) atoms. The lowest BCUT2D eigenvalue weighted by atomic mass is 10.0. The molecule has 426 valence electrons. The van der Waals surface area contributed by atoms with Gasteiger partial charge in [0, 0.05) is 6.42 Å². The first-order valence-electron chi connectivity index (χ1n) is 30.8. The number of phosphoric acid groups is 1. The number of quaternary nitrogens is 1. The van der Waals surface area contributed by atoms with Crippen LogP contribution < -0.4 is 10.2 Å². The molecule has 9 heteroatoms. The van der Waals surface area contributed by atoms with Gasteiger partial charge in [-0.25, -0.2) is 0 Å². The van der Waals surface area contributed by atoms with Crippen LogP contribution in [-0.2, 0) is 18.4 Å². The third-order valence-electron chi connectivity index (χ3n) is 13.7. The lowest BCUT2D eigenvalue weighted by Crippen LogP contribution is -2.45. The summed E-state index contributed by atoms with van der Waals surface area (Å²) >= 11 is 0. The Morgan fingerprint density at radius 1 is 0.493 bits per heavy atom. The van der Waals surface area contributed by atoms with Gasteiger partial charge >= 0.3 is 0 Å². The molecule has 0 aliphatic carbocycles. The lowest BCUT2D eigenvalue weighted by molar-refractivity contribution is -0.870. The number of phosphoric ester groups is 1. The van der Waals surface area contributed by atoms with Crippen LogP contribution in [0, 0.1) is 0 Å². The molecule has 0 radical (unpaired) electrons. The van der Waals surface area contributed by atoms with E-state index >= 15 is 0 Å². The first kappa shape index (κ1) is 70.9. The molecule has 1 amide bonds. The summed E-state index contributed by atoms with van der Waals surface area (Å²) < 4.78 is 23.3. The van der Waals surface area contributed by atoms with Gasteiger partial charge in [0.1, 0.15) is 13.2 Å². The number of hydrogen-bond donors (Lipinski definition) is 2. The van der Waals surface area contributed by atoms with Crippen molar-refractivity contribution >= 4 is 13.7 Å². The number of hydrogen-bond acceptors (Lipinski definition) is 6. The average Bonchev–Trinajstić information content (AvgIpc) is 3.35. The first-order chi connectivity index (χ1) is 35.5. The number of aliphatic hydroxyl groups excluding tert-OH is 1. The number of unbranched alkanes of at least 4 members (excludes halogenated alkanes) is 33. The molecule has 0 aromatic carbocycles. The van der Waals surface area contributed by atoms with Crippen LogP contribution in [0.15, 0.2) is 72.9 Å². The molecule has 8 nitrogen and oxygen atoms in total. The van der Waals surface area contributed by atoms with E-state index in [0.717, 1.165) is 70.6 Å². The monoisotopic (exact) mass is 1040 g/mol. The molecule has 0 aromatic heterocycles. The van der Waals surface area contributed by atoms with E-state index in [9.17, 15) is 19.4 Å². The second-order valence-corrected chi connectivity index (χ2v) is 23.4. The summed E-state index contributed by atoms with van der Waals surface area (Å²) in [6.07, 6.45) is 75.8. The minimum absolute atomic E-state index is 0.000765. The highest BCUT2D eigenvalue weighted by Gasteiger charge is 2.23. The Kier molecular flexibility index (Phi) is 53.2. The molecule has 3 atom stereocenters. The van der Waals surface area contributed by atoms with Crippen molar-refractivity contribution < 1.29 is 32.9 Å². The van der Waals surface area contributed by atoms with Gasteiger partial charge in [-0.05, 0) is 64.2 Å². The van der Waals surface area contributed by atoms with E-state index in [-0.39, 0.29) is 19.1 Å². The van der Waals surface area contributed by atoms with Crippen LogP contribution in [0.1, 0.15) is 277 Å². The molecule has 2 N–H and O–H groups in total. The number of aliphatic hydroxyl groups is 1. The molecule has 0 rings (SSSR count). The molecule has 0 spiro atoms. The van der Waals surface area contributed by atoms with Gasteiger partial charge in [0.2, 0.25) is 5.91 Å². The minimum atomic E-state index is -4.59. The van der Waals surface area contributed by atoms with E-state index in [4.69, 9.17) is 9.05 Å². The maximum atomic E-state index is 12.9. The van der Waals surface area contributed by atoms with Crippen molar-refractivity contribution in [3.63, 3.8) is 0 Å². The molecule has 0 aliphatic heterocycles. The fourth-order valence-corrected chi connectivity index (χ4v) is 9.61. The third-order valence-corrected chi connectivity index (χ3v) is 14.6. The Morgan fingerprint density at radius 2 is 0.836 bits per heavy atom. The van der Waals surface area contributed by atoms with Crippen LogP contribution in [0.5, 0.6) is 0 Å². The van der Waals surface area contributed by atoms with Crippen LogP contribution in [0.2, 0.25) is 0 Å². The normalized spacial score (nSPS) is 14.3. The number of carbonyl (C=O) groups is 1. The highest BCUT2D eigenvalue weighted by molar-refractivity contribution is 7.45. The Labute approximate surface area is 453 Å². The smallest absolute Gasteiger partial charge is 0.268 e. The predicted molar refractivity (Wildman–Crippen MR) is 316 cm³/mol. The topological polar surface area (TPSA) is 108 Å². The van der Waals surface area contributed by atoms with Crippen molar-refractivity contribution in [2.45, 2.75) is 289 Å². The first-order valence-corrected chi connectivity index (χ1v) is 32.3. The van der Waals surface area contributed by atoms with Crippen molar-refractivity contribution in [2.24, 2.45) is 0 Å². The van der Waals surface area contributed by atoms with Gasteiger partial charge in [-0.3, -0.25) is 9.36 Å². The number of carbonyl (C=O) groups excluding carboxylic acids is 1. The molecule has 3 unspecified atom stereocenters. The van der Waals surface area contributed by atoms with Crippen LogP contribution in [-0.4, -0.2) is 68.5 Å². The van der Waals surface area contributed by atoms with Crippen LogP contribution >= 0.6 is 7.82 Å². The number of amides is 1. The Balaban J connectivity index is 3.89. The summed E-state index contributed by atoms with van der Waals surface area (Å²) in [5, 5.41) is 13.8. The minimum Gasteiger partial charge on any atom is -0.756 e. The quantitative estimate of drug-likeness (QED) is 0.0272. The number of nitrogens with zero attached hydrogens (tertiary/aromatic N) is 1. The summed E-state index contributed by atoms with van der Waals surface area (Å²) in [6.45, 7) is 4.54. The van der Waals surface area contributed by atoms with Gasteiger partial charge in [0.15, 0.2) is 0 Å². The summed E-state index contributed by atoms with van der Waals surface area (Å²) in [5.41, 5.74) is 0. The Morgan fingerprint density at radius 3 is 1.22 bits per heavy atom. The fourth-order valence-electron chi connectivity index (χ4n) is 8.89. The number of nitrogens with one attached hydrogen (secondary N) is 1. The van der Waals surface area contributed by atoms with E-state index < -0.39 is 20.0 Å². The van der Waals surface area contributed by atoms with Gasteiger partial charge in [0.25, 0.3) is 7.82 Å². The van der Waals surface area contributed by atoms with E-state index in [1.165, 1.54) is 186 Å². The number of rotatable bonds is 56. The van der Waals surface area contributed by atoms with Gasteiger partial charge in [0.05, 0.1) is 39.9 Å². The summed E-state index contributed by atoms with van der Waals surface area (Å²) in [5.74, 6) is -0.195. The van der Waals surface area contributed by atoms with Crippen LogP contribution in [0.3, 0.4) is 0 Å². The highest BCUT2D eigenvalue weighted by Crippen LogP contribution is 2.38. The Hall–Kier alpha value is -2.06. The summed E-state index contributed by atoms with van der Waals surface area (Å²) in [4.78, 5) is 25.4. The van der Waals surface area contributed by atoms with Crippen LogP contribution in [0.4, 0.5) is 0 Å². The van der Waals surface area contributed by atoms with Crippen LogP contribution in [0.25, 0.3) is 0 Å². The standard InChI is InChI=1S/C64H119N2O6P/c1-6-8-10-12-14-16-18-20-21-22-23-24-25-26-27-28-29-30-31-32-33-34-35-36-37-38-39-40-41-42-43-44-45-46-48-50-52-54-56-58-64(68)65-62(61-72-73(69,70)71-60-59-66(3,4)5)63(67)57-55-53-51-49-47-19-17-15-13-11-9-7-2/h8,10,14,16,20-21,23-24,26-27,55,57,62-63,67H,6-7,9,11-13,15,17-19,22,25,28-54,56,58-61H2,1-5H3,(H-,65,68,69,70)/b10-8-,16-14-,21-20-,24-23-,27-26-,57-55+. The second kappa shape index (κ2) is 54.7. The maximum Gasteiger partial charge on any atom is 0.268 e. The average molecular weight is 1040 g/mol. The second-order valence-electron chi connectivity index (χ2n) is 22.0. The van der Waals surface area contributed by atoms with Crippen molar-refractivity contribution in [3.05, 3.63) is 72.9 Å². The van der Waals surface area contributed by atoms with Crippen molar-refractivity contribution in [2.75, 3.05) is 40.9 Å². The zero-order chi connectivity index (χ0) is 53.5. The zero-order valence-electron chi connectivity index (χ0n) is 48.6. The molecule has 0 saturated carbocycles. The maximum absolute atomic E-state index is 12.9. The van der Waals surface area contributed by atoms with Crippen molar-refractivity contribution in [3.8, 4) is 0 Å². The largest absolute Gasteiger partial charge is 0.756 e. The van der Waals surface area contributed by atoms with E-state index in [2.05, 4.69) is 79.9 Å². The summed E-state index contributed by atoms with van der Waals surface area (Å²) in [7, 11) is 1.27. The molecular formula is C64H119N2O6P. The van der Waals surface area contributed by atoms with Gasteiger partial charge in [-0.15, -0.1) is 0 Å². The van der Waals surface area contributed by atoms with E-state index in [0.29, 0.717) is 17.4 Å². The summed E-state index contributed by atoms with van der Waals surface area (Å²) in [6, 6.07) is -0.885. The number of likely N-dealkylation sites (N-methyl/N-ethyl adjacent to an activating group) is 1. The van der Waals surface area contributed by atoms with Crippen molar-refractivity contribution in [1.82, 2.24) is 5.32 Å². The highest BCUT2D eigenvalue weighted by atomic mass is 31.2. The zero-order valence-corrected chi connectivity index (χ0v) is 49.5. The van der Waals surface area contributed by atoms with E-state index in [1.54, 1.807) is 6.08 Å². The molecule has 0 saturated heterocycles. The molecule has 0 aromatic rings. The molecule has 0 fully saturated rings. The lowest BCUT2D eigenvalue weighted by Gasteiger charge is -2.29. The van der Waals surface area contributed by atoms with Gasteiger partial charge < -0.3 is 28.8 Å².